The van der Waals surface area contributed by atoms with Gasteiger partial charge >= 0.3 is 0 Å². The molecule has 2 heterocycles. The van der Waals surface area contributed by atoms with Gasteiger partial charge in [-0.05, 0) is 74.2 Å². The number of amides is 1. The second kappa shape index (κ2) is 11.5. The highest BCUT2D eigenvalue weighted by Crippen LogP contribution is 2.34. The summed E-state index contributed by atoms with van der Waals surface area (Å²) in [5, 5.41) is 0.580. The van der Waals surface area contributed by atoms with Crippen LogP contribution in [0.25, 0.3) is 10.2 Å². The Hall–Kier alpha value is -3.14. The Morgan fingerprint density at radius 1 is 0.919 bits per heavy atom. The lowest BCUT2D eigenvalue weighted by atomic mass is 10.1. The van der Waals surface area contributed by atoms with Crippen LogP contribution in [-0.4, -0.2) is 41.7 Å². The van der Waals surface area contributed by atoms with Gasteiger partial charge in [0.05, 0.1) is 27.4 Å². The number of pyridine rings is 1. The quantitative estimate of drug-likeness (QED) is 0.249. The number of hydrogen-bond acceptors (Lipinski definition) is 6. The normalized spacial score (nSPS) is 11.8. The van der Waals surface area contributed by atoms with Crippen LogP contribution in [0.1, 0.15) is 53.9 Å². The fourth-order valence-corrected chi connectivity index (χ4v) is 6.90. The second-order valence-corrected chi connectivity index (χ2v) is 11.9. The number of fused-ring (bicyclic) bond motifs is 1. The molecule has 37 heavy (non-hydrogen) atoms. The molecule has 0 saturated carbocycles. The largest absolute Gasteiger partial charge is 0.278 e. The maximum atomic E-state index is 13.8. The lowest BCUT2D eigenvalue weighted by Gasteiger charge is -2.22. The number of hydrogen-bond donors (Lipinski definition) is 0. The van der Waals surface area contributed by atoms with Crippen LogP contribution >= 0.6 is 11.3 Å². The van der Waals surface area contributed by atoms with Crippen molar-refractivity contribution >= 4 is 42.6 Å². The van der Waals surface area contributed by atoms with Crippen LogP contribution in [-0.2, 0) is 16.6 Å². The zero-order valence-corrected chi connectivity index (χ0v) is 23.3. The van der Waals surface area contributed by atoms with Gasteiger partial charge in [0.15, 0.2) is 5.13 Å². The van der Waals surface area contributed by atoms with E-state index in [0.29, 0.717) is 23.8 Å². The molecular weight excluding hydrogens is 504 g/mol. The lowest BCUT2D eigenvalue weighted by Crippen LogP contribution is -2.33. The minimum Gasteiger partial charge on any atom is -0.278 e. The summed E-state index contributed by atoms with van der Waals surface area (Å²) < 4.78 is 28.9. The van der Waals surface area contributed by atoms with E-state index < -0.39 is 10.0 Å². The van der Waals surface area contributed by atoms with Crippen LogP contribution in [0.4, 0.5) is 5.13 Å². The summed E-state index contributed by atoms with van der Waals surface area (Å²) in [4.78, 5) is 24.8. The molecule has 0 atom stereocenters. The minimum atomic E-state index is -3.63. The number of sulfonamides is 1. The molecule has 2 aromatic carbocycles. The predicted octanol–water partition coefficient (Wildman–Crippen LogP) is 5.97. The average Bonchev–Trinajstić information content (AvgIpc) is 3.36. The third-order valence-electron chi connectivity index (χ3n) is 6.14. The van der Waals surface area contributed by atoms with Crippen molar-refractivity contribution in [2.75, 3.05) is 18.0 Å². The van der Waals surface area contributed by atoms with Crippen molar-refractivity contribution in [1.29, 1.82) is 0 Å². The SMILES string of the molecule is CCCN(CCC)S(=O)(=O)c1ccc(C(=O)N(Cc2ccccn2)c2nc3c(C)ccc(C)c3s2)cc1. The summed E-state index contributed by atoms with van der Waals surface area (Å²) in [7, 11) is -3.63. The summed E-state index contributed by atoms with van der Waals surface area (Å²) in [5.41, 5.74) is 4.16. The van der Waals surface area contributed by atoms with Crippen LogP contribution in [0.2, 0.25) is 0 Å². The molecule has 9 heteroatoms. The van der Waals surface area contributed by atoms with Gasteiger partial charge < -0.3 is 0 Å². The summed E-state index contributed by atoms with van der Waals surface area (Å²) in [6.07, 6.45) is 3.17. The Balaban J connectivity index is 1.71. The molecule has 0 saturated heterocycles. The van der Waals surface area contributed by atoms with Gasteiger partial charge in [0.1, 0.15) is 0 Å². The molecule has 0 aliphatic heterocycles. The Kier molecular flexibility index (Phi) is 8.36. The third kappa shape index (κ3) is 5.74. The van der Waals surface area contributed by atoms with Gasteiger partial charge in [-0.15, -0.1) is 0 Å². The van der Waals surface area contributed by atoms with E-state index in [1.54, 1.807) is 23.2 Å². The van der Waals surface area contributed by atoms with Crippen LogP contribution in [0.15, 0.2) is 65.7 Å². The van der Waals surface area contributed by atoms with Gasteiger partial charge in [-0.3, -0.25) is 14.7 Å². The first-order valence-electron chi connectivity index (χ1n) is 12.4. The molecule has 0 N–H and O–H groups in total. The molecule has 0 radical (unpaired) electrons. The van der Waals surface area contributed by atoms with Crippen LogP contribution in [0.5, 0.6) is 0 Å². The molecule has 0 aliphatic rings. The van der Waals surface area contributed by atoms with Gasteiger partial charge in [-0.25, -0.2) is 13.4 Å². The Labute approximate surface area is 222 Å². The van der Waals surface area contributed by atoms with E-state index in [9.17, 15) is 13.2 Å². The molecule has 194 valence electrons. The molecular formula is C28H32N4O3S2. The van der Waals surface area contributed by atoms with Crippen molar-refractivity contribution in [3.63, 3.8) is 0 Å². The van der Waals surface area contributed by atoms with Crippen molar-refractivity contribution in [2.45, 2.75) is 52.0 Å². The molecule has 0 aliphatic carbocycles. The van der Waals surface area contributed by atoms with Crippen molar-refractivity contribution in [1.82, 2.24) is 14.3 Å². The third-order valence-corrected chi connectivity index (χ3v) is 9.26. The topological polar surface area (TPSA) is 83.5 Å². The lowest BCUT2D eigenvalue weighted by molar-refractivity contribution is 0.0984. The van der Waals surface area contributed by atoms with E-state index in [-0.39, 0.29) is 17.3 Å². The van der Waals surface area contributed by atoms with Crippen LogP contribution in [0.3, 0.4) is 0 Å². The molecule has 4 rings (SSSR count). The van der Waals surface area contributed by atoms with Crippen molar-refractivity contribution in [3.05, 3.63) is 83.2 Å². The Morgan fingerprint density at radius 2 is 1.59 bits per heavy atom. The van der Waals surface area contributed by atoms with E-state index >= 15 is 0 Å². The predicted molar refractivity (Wildman–Crippen MR) is 150 cm³/mol. The average molecular weight is 537 g/mol. The maximum Gasteiger partial charge on any atom is 0.260 e. The minimum absolute atomic E-state index is 0.188. The number of nitrogens with zero attached hydrogens (tertiary/aromatic N) is 4. The number of rotatable bonds is 10. The smallest absolute Gasteiger partial charge is 0.260 e. The molecule has 2 aromatic heterocycles. The molecule has 1 amide bonds. The maximum absolute atomic E-state index is 13.8. The summed E-state index contributed by atoms with van der Waals surface area (Å²) in [5.74, 6) is -0.261. The van der Waals surface area contributed by atoms with Gasteiger partial charge in [-0.2, -0.15) is 4.31 Å². The van der Waals surface area contributed by atoms with E-state index in [2.05, 4.69) is 11.1 Å². The summed E-state index contributed by atoms with van der Waals surface area (Å²) in [6.45, 7) is 9.14. The number of carbonyl (C=O) groups excluding carboxylic acids is 1. The Morgan fingerprint density at radius 3 is 2.19 bits per heavy atom. The molecule has 0 unspecified atom stereocenters. The second-order valence-electron chi connectivity index (χ2n) is 9.01. The fraction of sp³-hybridized carbons (Fsp3) is 0.321. The van der Waals surface area contributed by atoms with E-state index in [1.807, 2.05) is 52.0 Å². The first kappa shape index (κ1) is 26.9. The Bertz CT molecular complexity index is 1440. The van der Waals surface area contributed by atoms with Gasteiger partial charge in [-0.1, -0.05) is 43.4 Å². The van der Waals surface area contributed by atoms with Crippen LogP contribution < -0.4 is 4.90 Å². The fourth-order valence-electron chi connectivity index (χ4n) is 4.17. The van der Waals surface area contributed by atoms with E-state index in [1.165, 1.54) is 27.8 Å². The number of aromatic nitrogens is 2. The number of thiazole rings is 1. The zero-order valence-electron chi connectivity index (χ0n) is 21.6. The van der Waals surface area contributed by atoms with Gasteiger partial charge in [0.25, 0.3) is 5.91 Å². The standard InChI is InChI=1S/C28H32N4O3S2/c1-5-17-31(18-6-2)37(34,35)24-14-12-22(13-15-24)27(33)32(19-23-9-7-8-16-29-23)28-30-25-20(3)10-11-21(4)26(25)36-28/h7-16H,5-6,17-19H2,1-4H3. The van der Waals surface area contributed by atoms with E-state index in [4.69, 9.17) is 4.98 Å². The molecule has 0 fully saturated rings. The van der Waals surface area contributed by atoms with Gasteiger partial charge in [0.2, 0.25) is 10.0 Å². The monoisotopic (exact) mass is 536 g/mol. The van der Waals surface area contributed by atoms with Gasteiger partial charge in [0, 0.05) is 24.8 Å². The molecule has 4 aromatic rings. The highest BCUT2D eigenvalue weighted by atomic mass is 32.2. The number of anilines is 1. The summed E-state index contributed by atoms with van der Waals surface area (Å²) in [6, 6.07) is 15.9. The number of carbonyl (C=O) groups is 1. The summed E-state index contributed by atoms with van der Waals surface area (Å²) >= 11 is 1.47. The highest BCUT2D eigenvalue weighted by molar-refractivity contribution is 7.89. The van der Waals surface area contributed by atoms with Crippen LogP contribution in [0, 0.1) is 13.8 Å². The molecule has 0 bridgehead atoms. The molecule has 7 nitrogen and oxygen atoms in total. The first-order valence-corrected chi connectivity index (χ1v) is 14.7. The highest BCUT2D eigenvalue weighted by Gasteiger charge is 2.26. The first-order chi connectivity index (χ1) is 17.8. The number of aryl methyl sites for hydroxylation is 2. The van der Waals surface area contributed by atoms with E-state index in [0.717, 1.165) is 39.9 Å². The van der Waals surface area contributed by atoms with Crippen molar-refractivity contribution in [3.8, 4) is 0 Å². The molecule has 0 spiro atoms. The number of benzene rings is 2. The van der Waals surface area contributed by atoms with Crippen molar-refractivity contribution < 1.29 is 13.2 Å². The van der Waals surface area contributed by atoms with Crippen molar-refractivity contribution in [2.24, 2.45) is 0 Å². The zero-order chi connectivity index (χ0) is 26.6.